The lowest BCUT2D eigenvalue weighted by Crippen LogP contribution is -2.15. The van der Waals surface area contributed by atoms with Crippen LogP contribution >= 0.6 is 0 Å². The SMILES string of the molecule is CCS(=O)(=O)C(C)C.CCS(=O)C(C)C.CC[S@@](=O)C(C)C.CC[S@@](C)=O. The van der Waals surface area contributed by atoms with Crippen LogP contribution in [0.4, 0.5) is 0 Å². The van der Waals surface area contributed by atoms with Crippen LogP contribution in [0.5, 0.6) is 0 Å². The lowest BCUT2D eigenvalue weighted by atomic mass is 10.6. The predicted octanol–water partition coefficient (Wildman–Crippen LogP) is 3.54. The standard InChI is InChI=1S/C5H12O2S.2C5H12OS.C3H8OS/c1-4-8(6,7)5(2)3;2*1-4-7(6)5(2)3;1-3-5(2)4/h5H,4H2,1-3H3;2*5H,4H2,1-3H3;3H2,1-2H3/t;7-;;5-/m.1.1/s1. The van der Waals surface area contributed by atoms with E-state index < -0.39 is 42.2 Å². The van der Waals surface area contributed by atoms with Crippen molar-refractivity contribution in [3.05, 3.63) is 0 Å². The Hall–Kier alpha value is 0.400. The maximum Gasteiger partial charge on any atom is 0.152 e. The van der Waals surface area contributed by atoms with Gasteiger partial charge in [0.1, 0.15) is 0 Å². The maximum atomic E-state index is 10.7. The van der Waals surface area contributed by atoms with E-state index in [1.54, 1.807) is 27.0 Å². The van der Waals surface area contributed by atoms with Crippen LogP contribution in [0, 0.1) is 0 Å². The highest BCUT2D eigenvalue weighted by atomic mass is 32.2. The second-order valence-corrected chi connectivity index (χ2v) is 15.4. The molecular formula is C18H44O5S4. The molecule has 0 aliphatic heterocycles. The molecule has 0 aliphatic carbocycles. The summed E-state index contributed by atoms with van der Waals surface area (Å²) < 4.78 is 52.6. The minimum Gasteiger partial charge on any atom is -0.260 e. The van der Waals surface area contributed by atoms with Gasteiger partial charge in [0.15, 0.2) is 9.84 Å². The molecule has 9 heteroatoms. The first-order valence-corrected chi connectivity index (χ1v) is 15.6. The summed E-state index contributed by atoms with van der Waals surface area (Å²) >= 11 is 0. The molecule has 0 saturated carbocycles. The molecule has 0 aromatic rings. The molecule has 0 bridgehead atoms. The molecule has 0 heterocycles. The van der Waals surface area contributed by atoms with Gasteiger partial charge in [0.2, 0.25) is 0 Å². The monoisotopic (exact) mass is 468 g/mol. The molecule has 5 nitrogen and oxygen atoms in total. The van der Waals surface area contributed by atoms with Crippen LogP contribution in [0.2, 0.25) is 0 Å². The van der Waals surface area contributed by atoms with Gasteiger partial charge in [-0.3, -0.25) is 12.6 Å². The van der Waals surface area contributed by atoms with Crippen molar-refractivity contribution in [1.82, 2.24) is 0 Å². The average Bonchev–Trinajstić information content (AvgIpc) is 2.61. The Morgan fingerprint density at radius 1 is 0.667 bits per heavy atom. The molecule has 0 aliphatic rings. The van der Waals surface area contributed by atoms with Gasteiger partial charge in [-0.15, -0.1) is 0 Å². The average molecular weight is 469 g/mol. The van der Waals surface area contributed by atoms with Crippen LogP contribution in [0.3, 0.4) is 0 Å². The summed E-state index contributed by atoms with van der Waals surface area (Å²) in [5.41, 5.74) is 0. The van der Waals surface area contributed by atoms with Gasteiger partial charge < -0.3 is 0 Å². The summed E-state index contributed by atoms with van der Waals surface area (Å²) in [6, 6.07) is 0. The molecule has 0 spiro atoms. The molecule has 0 radical (unpaired) electrons. The van der Waals surface area contributed by atoms with Crippen molar-refractivity contribution in [2.24, 2.45) is 0 Å². The van der Waals surface area contributed by atoms with Gasteiger partial charge in [0, 0.05) is 72.2 Å². The van der Waals surface area contributed by atoms with Crippen LogP contribution < -0.4 is 0 Å². The zero-order valence-corrected chi connectivity index (χ0v) is 22.5. The number of rotatable bonds is 7. The Morgan fingerprint density at radius 2 is 0.926 bits per heavy atom. The first kappa shape index (κ1) is 34.9. The van der Waals surface area contributed by atoms with Crippen molar-refractivity contribution >= 4 is 42.2 Å². The van der Waals surface area contributed by atoms with Crippen molar-refractivity contribution in [2.75, 3.05) is 29.3 Å². The van der Waals surface area contributed by atoms with Gasteiger partial charge in [-0.2, -0.15) is 0 Å². The summed E-state index contributed by atoms with van der Waals surface area (Å²) in [5.74, 6) is 2.61. The number of hydrogen-bond donors (Lipinski definition) is 0. The summed E-state index contributed by atoms with van der Waals surface area (Å²) in [6.07, 6.45) is 1.69. The Kier molecular flexibility index (Phi) is 27.3. The predicted molar refractivity (Wildman–Crippen MR) is 127 cm³/mol. The van der Waals surface area contributed by atoms with E-state index in [0.29, 0.717) is 10.5 Å². The van der Waals surface area contributed by atoms with E-state index in [-0.39, 0.29) is 11.0 Å². The molecule has 1 unspecified atom stereocenters. The molecule has 0 rings (SSSR count). The van der Waals surface area contributed by atoms with E-state index in [1.807, 2.05) is 48.5 Å². The van der Waals surface area contributed by atoms with E-state index in [4.69, 9.17) is 0 Å². The first-order chi connectivity index (χ1) is 12.1. The summed E-state index contributed by atoms with van der Waals surface area (Å²) in [4.78, 5) is 0. The highest BCUT2D eigenvalue weighted by Gasteiger charge is 2.11. The van der Waals surface area contributed by atoms with E-state index in [1.165, 1.54) is 0 Å². The van der Waals surface area contributed by atoms with E-state index in [9.17, 15) is 21.0 Å². The molecule has 0 aromatic heterocycles. The van der Waals surface area contributed by atoms with Crippen molar-refractivity contribution in [3.8, 4) is 0 Å². The van der Waals surface area contributed by atoms with Crippen LogP contribution in [-0.4, -0.2) is 66.1 Å². The topological polar surface area (TPSA) is 85.3 Å². The van der Waals surface area contributed by atoms with E-state index in [2.05, 4.69) is 0 Å². The molecule has 0 amide bonds. The highest BCUT2D eigenvalue weighted by Crippen LogP contribution is 1.98. The van der Waals surface area contributed by atoms with Crippen LogP contribution in [0.15, 0.2) is 0 Å². The lowest BCUT2D eigenvalue weighted by Gasteiger charge is -2.01. The fourth-order valence-electron chi connectivity index (χ4n) is 1.00. The Bertz CT molecular complexity index is 478. The van der Waals surface area contributed by atoms with Gasteiger partial charge in [-0.1, -0.05) is 55.4 Å². The van der Waals surface area contributed by atoms with Gasteiger partial charge in [-0.05, 0) is 13.8 Å². The minimum absolute atomic E-state index is 0.215. The Balaban J connectivity index is -0.000000132. The zero-order valence-electron chi connectivity index (χ0n) is 19.2. The molecule has 3 atom stereocenters. The van der Waals surface area contributed by atoms with Gasteiger partial charge in [0.25, 0.3) is 0 Å². The summed E-state index contributed by atoms with van der Waals surface area (Å²) in [6.45, 7) is 18.7. The second kappa shape index (κ2) is 21.1. The third-order valence-electron chi connectivity index (χ3n) is 3.15. The van der Waals surface area contributed by atoms with Crippen LogP contribution in [0.25, 0.3) is 0 Å². The number of hydrogen-bond acceptors (Lipinski definition) is 5. The normalized spacial score (nSPS) is 14.1. The first-order valence-electron chi connectivity index (χ1n) is 9.40. The Morgan fingerprint density at radius 3 is 0.926 bits per heavy atom. The fourth-order valence-corrected chi connectivity index (χ4v) is 3.00. The van der Waals surface area contributed by atoms with Crippen LogP contribution in [0.1, 0.15) is 69.2 Å². The van der Waals surface area contributed by atoms with Crippen molar-refractivity contribution in [3.63, 3.8) is 0 Å². The smallest absolute Gasteiger partial charge is 0.152 e. The molecule has 0 N–H and O–H groups in total. The molecule has 0 aromatic carbocycles. The van der Waals surface area contributed by atoms with Gasteiger partial charge in [0.05, 0.1) is 5.25 Å². The quantitative estimate of drug-likeness (QED) is 0.570. The van der Waals surface area contributed by atoms with Crippen LogP contribution in [-0.2, 0) is 42.2 Å². The van der Waals surface area contributed by atoms with E-state index >= 15 is 0 Å². The van der Waals surface area contributed by atoms with Crippen molar-refractivity contribution in [2.45, 2.75) is 85.0 Å². The van der Waals surface area contributed by atoms with Gasteiger partial charge >= 0.3 is 0 Å². The molecular weight excluding hydrogens is 424 g/mol. The molecule has 170 valence electrons. The van der Waals surface area contributed by atoms with E-state index in [0.717, 1.165) is 17.3 Å². The fraction of sp³-hybridized carbons (Fsp3) is 1.00. The van der Waals surface area contributed by atoms with Crippen molar-refractivity contribution < 1.29 is 21.0 Å². The third kappa shape index (κ3) is 28.7. The maximum absolute atomic E-state index is 10.7. The van der Waals surface area contributed by atoms with Crippen molar-refractivity contribution in [1.29, 1.82) is 0 Å². The largest absolute Gasteiger partial charge is 0.260 e. The molecule has 0 fully saturated rings. The molecule has 27 heavy (non-hydrogen) atoms. The highest BCUT2D eigenvalue weighted by molar-refractivity contribution is 7.91. The third-order valence-corrected chi connectivity index (χ3v) is 9.44. The Labute approximate surface area is 177 Å². The second-order valence-electron chi connectivity index (χ2n) is 6.30. The summed E-state index contributed by atoms with van der Waals surface area (Å²) in [7, 11) is -4.47. The minimum atomic E-state index is -2.74. The van der Waals surface area contributed by atoms with Gasteiger partial charge in [-0.25, -0.2) is 8.42 Å². The summed E-state index contributed by atoms with van der Waals surface area (Å²) in [5, 5.41) is 0.461. The molecule has 0 saturated heterocycles. The lowest BCUT2D eigenvalue weighted by molar-refractivity contribution is 0.588. The number of sulfone groups is 1. The zero-order chi connectivity index (χ0) is 22.8.